The predicted molar refractivity (Wildman–Crippen MR) is 205 cm³/mol. The van der Waals surface area contributed by atoms with Crippen LogP contribution in [0, 0.1) is 0 Å². The summed E-state index contributed by atoms with van der Waals surface area (Å²) in [6.45, 7) is 15.3. The van der Waals surface area contributed by atoms with Crippen molar-refractivity contribution in [2.45, 2.75) is 55.4 Å². The molecule has 13 heteroatoms. The summed E-state index contributed by atoms with van der Waals surface area (Å²) in [5.74, 6) is -2.03. The Labute approximate surface area is 313 Å². The van der Waals surface area contributed by atoms with Gasteiger partial charge in [0.25, 0.3) is 0 Å². The van der Waals surface area contributed by atoms with Crippen LogP contribution in [0.4, 0.5) is 0 Å². The van der Waals surface area contributed by atoms with Crippen molar-refractivity contribution >= 4 is 45.3 Å². The zero-order chi connectivity index (χ0) is 39.9. The lowest BCUT2D eigenvalue weighted by molar-refractivity contribution is -0.133. The number of nitrogens with two attached hydrogens (primary N) is 1. The zero-order valence-electron chi connectivity index (χ0n) is 30.8. The highest BCUT2D eigenvalue weighted by molar-refractivity contribution is 9.09. The van der Waals surface area contributed by atoms with Crippen LogP contribution in [0.25, 0.3) is 22.9 Å². The third-order valence-electron chi connectivity index (χ3n) is 5.31. The van der Waals surface area contributed by atoms with E-state index in [-0.39, 0.29) is 28.5 Å². The number of esters is 1. The number of hydrogen-bond donors (Lipinski definition) is 2. The lowest BCUT2D eigenvalue weighted by Crippen LogP contribution is -2.09. The molecule has 0 radical (unpaired) electrons. The van der Waals surface area contributed by atoms with Crippen LogP contribution in [0.15, 0.2) is 112 Å². The molecule has 0 spiro atoms. The molecule has 0 aliphatic rings. The van der Waals surface area contributed by atoms with Crippen molar-refractivity contribution in [1.82, 2.24) is 9.97 Å². The van der Waals surface area contributed by atoms with E-state index in [9.17, 15) is 24.0 Å². The summed E-state index contributed by atoms with van der Waals surface area (Å²) in [6.07, 6.45) is 2.57. The molecule has 1 amide bonds. The molecule has 0 fully saturated rings. The van der Waals surface area contributed by atoms with Crippen LogP contribution in [0.2, 0.25) is 0 Å². The Bertz CT molecular complexity index is 1710. The summed E-state index contributed by atoms with van der Waals surface area (Å²) in [5, 5.41) is 8.75. The second kappa shape index (κ2) is 30.2. The van der Waals surface area contributed by atoms with Crippen molar-refractivity contribution in [3.05, 3.63) is 120 Å². The number of aromatic nitrogens is 2. The van der Waals surface area contributed by atoms with Gasteiger partial charge in [0.05, 0.1) is 24.3 Å². The van der Waals surface area contributed by atoms with E-state index >= 15 is 0 Å². The number of halogens is 1. The van der Waals surface area contributed by atoms with Crippen LogP contribution in [0.3, 0.4) is 0 Å². The first-order valence-corrected chi connectivity index (χ1v) is 17.6. The number of ether oxygens (including phenoxy) is 1. The first-order chi connectivity index (χ1) is 25.1. The smallest absolute Gasteiger partial charge is 0.375 e. The van der Waals surface area contributed by atoms with E-state index in [4.69, 9.17) is 24.4 Å². The molecule has 0 saturated heterocycles. The maximum Gasteiger partial charge on any atom is 0.375 e. The summed E-state index contributed by atoms with van der Waals surface area (Å²) in [6, 6.07) is 27.3. The molecule has 12 nitrogen and oxygen atoms in total. The molecule has 2 heterocycles. The number of carbonyl (C=O) groups is 5. The molecule has 0 bridgehead atoms. The molecule has 52 heavy (non-hydrogen) atoms. The van der Waals surface area contributed by atoms with Crippen molar-refractivity contribution in [2.24, 2.45) is 5.73 Å². The fourth-order valence-corrected chi connectivity index (χ4v) is 3.46. The Balaban J connectivity index is 0. The molecule has 3 aromatic carbocycles. The predicted octanol–water partition coefficient (Wildman–Crippen LogP) is 8.96. The number of amides is 1. The highest BCUT2D eigenvalue weighted by Gasteiger charge is 2.14. The summed E-state index contributed by atoms with van der Waals surface area (Å²) >= 11 is 2.84. The number of primary amides is 1. The van der Waals surface area contributed by atoms with E-state index in [1.54, 1.807) is 43.3 Å². The average Bonchev–Trinajstić information content (AvgIpc) is 3.91. The van der Waals surface area contributed by atoms with Crippen molar-refractivity contribution in [3.8, 4) is 22.9 Å². The number of Topliss-reactive ketones (excluding diaryl/α,β-unsaturated/α-hetero) is 2. The molecular formula is C39H48BrN3O9. The van der Waals surface area contributed by atoms with E-state index in [2.05, 4.69) is 25.9 Å². The topological polar surface area (TPSA) is 193 Å². The van der Waals surface area contributed by atoms with Gasteiger partial charge in [-0.05, 0) is 43.3 Å². The van der Waals surface area contributed by atoms with Gasteiger partial charge in [0.15, 0.2) is 5.78 Å². The maximum atomic E-state index is 11.3. The molecule has 3 N–H and O–H groups in total. The Morgan fingerprint density at radius 3 is 1.37 bits per heavy atom. The quantitative estimate of drug-likeness (QED) is 0.0867. The Morgan fingerprint density at radius 1 is 0.692 bits per heavy atom. The number of carboxylic acid groups (broad SMARTS) is 1. The number of hydrogen-bond acceptors (Lipinski definition) is 10. The highest BCUT2D eigenvalue weighted by Crippen LogP contribution is 2.19. The number of oxazole rings is 2. The number of ketones is 2. The maximum absolute atomic E-state index is 11.3. The fourth-order valence-electron chi connectivity index (χ4n) is 3.07. The Hall–Kier alpha value is -5.69. The summed E-state index contributed by atoms with van der Waals surface area (Å²) in [4.78, 5) is 60.3. The van der Waals surface area contributed by atoms with Gasteiger partial charge in [-0.25, -0.2) is 19.6 Å². The van der Waals surface area contributed by atoms with Gasteiger partial charge in [-0.3, -0.25) is 14.4 Å². The molecule has 0 unspecified atom stereocenters. The van der Waals surface area contributed by atoms with Crippen molar-refractivity contribution in [2.75, 3.05) is 11.9 Å². The molecule has 0 saturated carbocycles. The second-order valence-electron chi connectivity index (χ2n) is 8.66. The molecular weight excluding hydrogens is 734 g/mol. The number of alkyl halides is 1. The number of carbonyl (C=O) groups excluding carboxylic acids is 4. The van der Waals surface area contributed by atoms with E-state index in [1.807, 2.05) is 96.1 Å². The van der Waals surface area contributed by atoms with Crippen LogP contribution in [0.5, 0.6) is 0 Å². The molecule has 280 valence electrons. The van der Waals surface area contributed by atoms with E-state index in [1.165, 1.54) is 19.3 Å². The monoisotopic (exact) mass is 781 g/mol. The van der Waals surface area contributed by atoms with Crippen molar-refractivity contribution in [1.29, 1.82) is 0 Å². The normalized spacial score (nSPS) is 8.79. The zero-order valence-corrected chi connectivity index (χ0v) is 32.4. The Morgan fingerprint density at radius 2 is 1.08 bits per heavy atom. The van der Waals surface area contributed by atoms with Crippen LogP contribution >= 0.6 is 15.9 Å². The lowest BCUT2D eigenvalue weighted by Gasteiger charge is -1.96. The number of carboxylic acids is 1. The fraction of sp³-hybridized carbons (Fsp3) is 0.256. The van der Waals surface area contributed by atoms with Gasteiger partial charge in [-0.1, -0.05) is 112 Å². The van der Waals surface area contributed by atoms with Gasteiger partial charge in [-0.15, -0.1) is 0 Å². The average molecular weight is 783 g/mol. The largest absolute Gasteiger partial charge is 0.475 e. The molecule has 5 rings (SSSR count). The van der Waals surface area contributed by atoms with Crippen molar-refractivity contribution in [3.63, 3.8) is 0 Å². The summed E-state index contributed by atoms with van der Waals surface area (Å²) in [5.41, 5.74) is 7.12. The van der Waals surface area contributed by atoms with Gasteiger partial charge in [0, 0.05) is 23.6 Å². The first kappa shape index (κ1) is 48.4. The molecule has 0 aliphatic heterocycles. The van der Waals surface area contributed by atoms with Crippen LogP contribution < -0.4 is 5.73 Å². The number of aromatic carboxylic acids is 1. The van der Waals surface area contributed by atoms with Crippen LogP contribution in [0.1, 0.15) is 86.9 Å². The van der Waals surface area contributed by atoms with Crippen molar-refractivity contribution < 1.29 is 42.7 Å². The number of benzene rings is 3. The van der Waals surface area contributed by atoms with E-state index < -0.39 is 17.7 Å². The molecule has 0 atom stereocenters. The molecule has 2 aromatic heterocycles. The van der Waals surface area contributed by atoms with Gasteiger partial charge < -0.3 is 24.4 Å². The minimum Gasteiger partial charge on any atom is -0.475 e. The third-order valence-corrected chi connectivity index (χ3v) is 5.82. The highest BCUT2D eigenvalue weighted by atomic mass is 79.9. The van der Waals surface area contributed by atoms with Gasteiger partial charge in [0.1, 0.15) is 0 Å². The van der Waals surface area contributed by atoms with Crippen LogP contribution in [-0.2, 0) is 14.3 Å². The van der Waals surface area contributed by atoms with E-state index in [0.29, 0.717) is 24.0 Å². The molecule has 0 aliphatic carbocycles. The summed E-state index contributed by atoms with van der Waals surface area (Å²) < 4.78 is 15.1. The van der Waals surface area contributed by atoms with Gasteiger partial charge in [-0.2, -0.15) is 0 Å². The minimum absolute atomic E-state index is 0.126. The SMILES string of the molecule is CC.CC.CC.CC(=O)C(=O)CBr.CCOC(=O)c1cnc(-c2ccccc2)o1.NC(=O)c1ccccc1.O=C(O)c1cnc(-c2ccccc2)o1. The molecule has 5 aromatic rings. The number of rotatable bonds is 8. The van der Waals surface area contributed by atoms with Gasteiger partial charge in [0.2, 0.25) is 35.0 Å². The first-order valence-electron chi connectivity index (χ1n) is 16.4. The standard InChI is InChI=1S/C12H11NO3.C10H7NO3.C7H7NO.C4H5BrO2.3C2H6/c1-2-15-12(14)10-8-13-11(16-10)9-6-4-3-5-7-9;12-10(13)8-6-11-9(14-8)7-4-2-1-3-5-7;8-7(9)6-4-2-1-3-5-6;1-3(6)4(7)2-5;3*1-2/h3-8H,2H2,1H3;1-6H,(H,12,13);1-5H,(H2,8,9);2H2,1H3;3*1-2H3. The summed E-state index contributed by atoms with van der Waals surface area (Å²) in [7, 11) is 0. The van der Waals surface area contributed by atoms with Gasteiger partial charge >= 0.3 is 11.9 Å². The van der Waals surface area contributed by atoms with Crippen LogP contribution in [-0.4, -0.2) is 56.4 Å². The van der Waals surface area contributed by atoms with E-state index in [0.717, 1.165) is 11.1 Å². The minimum atomic E-state index is -1.11. The number of nitrogens with zero attached hydrogens (tertiary/aromatic N) is 2. The Kier molecular flexibility index (Phi) is 28.1. The third kappa shape index (κ3) is 19.5. The second-order valence-corrected chi connectivity index (χ2v) is 9.22. The lowest BCUT2D eigenvalue weighted by atomic mass is 10.2.